The summed E-state index contributed by atoms with van der Waals surface area (Å²) in [6.07, 6.45) is 41.0. The largest absolute Gasteiger partial charge is 0.493 e. The Morgan fingerprint density at radius 1 is 0.357 bits per heavy atom. The minimum absolute atomic E-state index is 0.230. The predicted octanol–water partition coefficient (Wildman–Crippen LogP) is 18.0. The Hall–Kier alpha value is -7.62. The number of aromatic amines is 2. The van der Waals surface area contributed by atoms with Gasteiger partial charge in [0.2, 0.25) is 11.8 Å². The maximum atomic E-state index is 14.4. The lowest BCUT2D eigenvalue weighted by atomic mass is 9.90. The number of rotatable bonds is 46. The number of carbonyl (C=O) groups is 2. The summed E-state index contributed by atoms with van der Waals surface area (Å²) in [6, 6.07) is 20.7. The summed E-state index contributed by atoms with van der Waals surface area (Å²) < 4.78 is 31.1. The van der Waals surface area contributed by atoms with Crippen LogP contribution in [0.3, 0.4) is 0 Å². The molecule has 16 heteroatoms. The first-order valence-electron chi connectivity index (χ1n) is 38.0. The van der Waals surface area contributed by atoms with Gasteiger partial charge in [0.15, 0.2) is 0 Å². The first kappa shape index (κ1) is 77.7. The van der Waals surface area contributed by atoms with Crippen LogP contribution < -0.4 is 52.1 Å². The molecule has 6 aromatic rings. The van der Waals surface area contributed by atoms with Crippen LogP contribution in [0, 0.1) is 13.8 Å². The fourth-order valence-corrected chi connectivity index (χ4v) is 13.4. The van der Waals surface area contributed by atoms with Crippen LogP contribution in [0.5, 0.6) is 23.0 Å². The molecule has 536 valence electrons. The maximum Gasteiger partial charge on any atom is 0.328 e. The smallest absolute Gasteiger partial charge is 0.328 e. The molecule has 0 fully saturated rings. The van der Waals surface area contributed by atoms with Crippen LogP contribution in [0.25, 0.3) is 0 Å². The molecule has 0 radical (unpaired) electrons. The molecule has 2 heterocycles. The molecule has 1 aliphatic carbocycles. The molecule has 0 unspecified atom stereocenters. The molecule has 0 spiro atoms. The fourth-order valence-electron chi connectivity index (χ4n) is 13.4. The van der Waals surface area contributed by atoms with Gasteiger partial charge in [0.1, 0.15) is 36.1 Å². The lowest BCUT2D eigenvalue weighted by molar-refractivity contribution is -0.117. The van der Waals surface area contributed by atoms with E-state index in [1.807, 2.05) is 24.3 Å². The quantitative estimate of drug-likeness (QED) is 0.0266. The third-order valence-electron chi connectivity index (χ3n) is 18.9. The second kappa shape index (κ2) is 43.7. The van der Waals surface area contributed by atoms with Crippen molar-refractivity contribution in [2.24, 2.45) is 0 Å². The predicted molar refractivity (Wildman–Crippen MR) is 399 cm³/mol. The standard InChI is InChI=1S/C82H118N6O10/c1-7-11-15-19-23-27-31-35-45-95-75-63-41-39-43-65(75)50-67-53-71(83-73(89)59-87-57-61(5)79(91)85-81(87)93)55-69(77(67)97-47-37-33-29-25-21-17-13-9-3)52-70-56-72(84-74(90)60-88-58-62(6)80(92)86-82(88)94)54-68(78(70)98-48-38-34-30-26-22-18-14-10-4)51-66-44-40-42-64(49-63)76(66)96-46-36-32-28-24-20-16-12-8-2/h39-44,53-58H,7-38,45-52,59-60H2,1-6H3,(H,83,89)(H,84,90)(H,85,91,93)(H,86,92,94). The van der Waals surface area contributed by atoms with Gasteiger partial charge in [0.25, 0.3) is 11.1 Å². The SMILES string of the molecule is CCCCCCCCCCOc1c2cccc1Cc1cc(NC(=O)Cn3cc(C)c(=O)[nH]c3=O)cc(c1OCCCCCCCCCC)Cc1cc(NC(=O)Cn3cc(C)c(=O)[nH]c3=O)cc(c1OCCCCCCCCCC)Cc1cccc(c1OCCCCCCCCCC)C2. The topological polar surface area (TPSA) is 205 Å². The fraction of sp³-hybridized carbons (Fsp3) is 0.585. The van der Waals surface area contributed by atoms with E-state index in [1.54, 1.807) is 13.8 Å². The molecule has 98 heavy (non-hydrogen) atoms. The molecule has 7 rings (SSSR count). The van der Waals surface area contributed by atoms with Gasteiger partial charge >= 0.3 is 11.4 Å². The molecule has 4 aromatic carbocycles. The number of benzene rings is 4. The van der Waals surface area contributed by atoms with Gasteiger partial charge in [-0.3, -0.25) is 38.3 Å². The van der Waals surface area contributed by atoms with Gasteiger partial charge < -0.3 is 29.6 Å². The second-order valence-corrected chi connectivity index (χ2v) is 27.6. The van der Waals surface area contributed by atoms with Crippen molar-refractivity contribution in [3.63, 3.8) is 0 Å². The molecule has 0 saturated carbocycles. The van der Waals surface area contributed by atoms with Crippen LogP contribution >= 0.6 is 0 Å². The minimum atomic E-state index is -0.689. The van der Waals surface area contributed by atoms with Crippen LogP contribution in [-0.2, 0) is 48.4 Å². The first-order chi connectivity index (χ1) is 47.8. The summed E-state index contributed by atoms with van der Waals surface area (Å²) in [7, 11) is 0. The zero-order chi connectivity index (χ0) is 69.7. The number of nitrogens with one attached hydrogen (secondary N) is 4. The second-order valence-electron chi connectivity index (χ2n) is 27.6. The normalized spacial score (nSPS) is 12.0. The number of para-hydroxylation sites is 2. The number of aryl methyl sites for hydroxylation is 2. The van der Waals surface area contributed by atoms with E-state index in [0.29, 0.717) is 79.7 Å². The molecule has 0 atom stereocenters. The van der Waals surface area contributed by atoms with E-state index >= 15 is 0 Å². The number of carbonyl (C=O) groups excluding carboxylic acids is 2. The van der Waals surface area contributed by atoms with Crippen molar-refractivity contribution in [3.05, 3.63) is 170 Å². The van der Waals surface area contributed by atoms with Crippen LogP contribution in [0.4, 0.5) is 11.4 Å². The molecular weight excluding hydrogens is 1230 g/mol. The molecule has 16 nitrogen and oxygen atoms in total. The van der Waals surface area contributed by atoms with Crippen molar-refractivity contribution in [3.8, 4) is 23.0 Å². The zero-order valence-electron chi connectivity index (χ0n) is 60.6. The average molecular weight is 1350 g/mol. The van der Waals surface area contributed by atoms with Crippen molar-refractivity contribution in [1.29, 1.82) is 0 Å². The number of hydrogen-bond acceptors (Lipinski definition) is 10. The van der Waals surface area contributed by atoms with Gasteiger partial charge in [-0.1, -0.05) is 244 Å². The third-order valence-corrected chi connectivity index (χ3v) is 18.9. The summed E-state index contributed by atoms with van der Waals surface area (Å²) in [5, 5.41) is 6.32. The van der Waals surface area contributed by atoms with Gasteiger partial charge in [0.05, 0.1) is 26.4 Å². The Balaban J connectivity index is 1.41. The monoisotopic (exact) mass is 1350 g/mol. The van der Waals surface area contributed by atoms with Gasteiger partial charge in [0, 0.05) is 82.8 Å². The minimum Gasteiger partial charge on any atom is -0.493 e. The Bertz CT molecular complexity index is 3420. The Morgan fingerprint density at radius 3 is 0.867 bits per heavy atom. The molecule has 2 aromatic heterocycles. The van der Waals surface area contributed by atoms with Crippen molar-refractivity contribution in [2.75, 3.05) is 37.1 Å². The summed E-state index contributed by atoms with van der Waals surface area (Å²) in [5.41, 5.74) is 6.30. The number of fused-ring (bicyclic) bond motifs is 8. The van der Waals surface area contributed by atoms with E-state index in [1.165, 1.54) is 150 Å². The third kappa shape index (κ3) is 26.2. The van der Waals surface area contributed by atoms with Crippen molar-refractivity contribution in [2.45, 2.75) is 286 Å². The molecule has 1 aliphatic rings. The number of ether oxygens (including phenoxy) is 4. The Kier molecular flexibility index (Phi) is 34.7. The maximum absolute atomic E-state index is 14.4. The molecule has 0 saturated heterocycles. The molecule has 8 bridgehead atoms. The molecular formula is C82H118N6O10. The van der Waals surface area contributed by atoms with Crippen molar-refractivity contribution >= 4 is 23.2 Å². The van der Waals surface area contributed by atoms with Crippen LogP contribution in [0.15, 0.2) is 92.2 Å². The summed E-state index contributed by atoms with van der Waals surface area (Å²) in [5.74, 6) is 2.04. The van der Waals surface area contributed by atoms with Crippen molar-refractivity contribution in [1.82, 2.24) is 19.1 Å². The van der Waals surface area contributed by atoms with E-state index in [4.69, 9.17) is 18.9 Å². The number of hydrogen-bond donors (Lipinski definition) is 4. The van der Waals surface area contributed by atoms with Crippen molar-refractivity contribution < 1.29 is 28.5 Å². The van der Waals surface area contributed by atoms with Gasteiger partial charge in [-0.15, -0.1) is 0 Å². The first-order valence-corrected chi connectivity index (χ1v) is 38.0. The van der Waals surface area contributed by atoms with E-state index in [2.05, 4.69) is 84.7 Å². The molecule has 2 amide bonds. The van der Waals surface area contributed by atoms with E-state index in [9.17, 15) is 28.8 Å². The highest BCUT2D eigenvalue weighted by molar-refractivity contribution is 5.92. The number of amides is 2. The number of nitrogens with zero attached hydrogens (tertiary/aromatic N) is 2. The zero-order valence-corrected chi connectivity index (χ0v) is 60.6. The van der Waals surface area contributed by atoms with Crippen LogP contribution in [0.1, 0.15) is 289 Å². The number of anilines is 2. The molecule has 4 N–H and O–H groups in total. The van der Waals surface area contributed by atoms with Crippen LogP contribution in [0.2, 0.25) is 0 Å². The number of aromatic nitrogens is 4. The number of unbranched alkanes of at least 4 members (excludes halogenated alkanes) is 28. The van der Waals surface area contributed by atoms with Gasteiger partial charge in [-0.05, 0) is 86.1 Å². The van der Waals surface area contributed by atoms with Crippen LogP contribution in [-0.4, -0.2) is 57.3 Å². The lowest BCUT2D eigenvalue weighted by Crippen LogP contribution is -2.34. The van der Waals surface area contributed by atoms with E-state index in [0.717, 1.165) is 133 Å². The Morgan fingerprint density at radius 2 is 0.592 bits per heavy atom. The van der Waals surface area contributed by atoms with Gasteiger partial charge in [-0.25, -0.2) is 9.59 Å². The molecule has 0 aliphatic heterocycles. The highest BCUT2D eigenvalue weighted by Gasteiger charge is 2.25. The Labute approximate surface area is 584 Å². The highest BCUT2D eigenvalue weighted by atomic mass is 16.5. The summed E-state index contributed by atoms with van der Waals surface area (Å²) in [6.45, 7) is 13.5. The summed E-state index contributed by atoms with van der Waals surface area (Å²) >= 11 is 0. The average Bonchev–Trinajstić information content (AvgIpc) is 0.781. The number of H-pyrrole nitrogens is 2. The highest BCUT2D eigenvalue weighted by Crippen LogP contribution is 2.42. The van der Waals surface area contributed by atoms with Gasteiger partial charge in [-0.2, -0.15) is 0 Å². The lowest BCUT2D eigenvalue weighted by Gasteiger charge is -2.24. The van der Waals surface area contributed by atoms with E-state index in [-0.39, 0.29) is 19.5 Å². The summed E-state index contributed by atoms with van der Waals surface area (Å²) in [4.78, 5) is 84.7. The van der Waals surface area contributed by atoms with E-state index < -0.39 is 34.3 Å².